The van der Waals surface area contributed by atoms with Crippen LogP contribution in [-0.4, -0.2) is 16.9 Å². The molecule has 0 amide bonds. The minimum atomic E-state index is -1.54. The summed E-state index contributed by atoms with van der Waals surface area (Å²) in [4.78, 5) is 21.2. The molecule has 0 saturated heterocycles. The van der Waals surface area contributed by atoms with Gasteiger partial charge in [-0.3, -0.25) is 4.79 Å². The lowest BCUT2D eigenvalue weighted by Gasteiger charge is -2.01. The maximum Gasteiger partial charge on any atom is 0.338 e. The molecule has 1 aromatic carbocycles. The molecule has 1 aromatic rings. The van der Waals surface area contributed by atoms with Crippen LogP contribution in [0.5, 0.6) is 0 Å². The van der Waals surface area contributed by atoms with E-state index in [-0.39, 0.29) is 0 Å². The van der Waals surface area contributed by atoms with Gasteiger partial charge in [0.05, 0.1) is 11.1 Å². The normalized spacial score (nSPS) is 9.93. The van der Waals surface area contributed by atoms with Gasteiger partial charge in [0.1, 0.15) is 11.6 Å². The van der Waals surface area contributed by atoms with Crippen molar-refractivity contribution in [2.45, 2.75) is 6.92 Å². The van der Waals surface area contributed by atoms with Crippen molar-refractivity contribution in [1.82, 2.24) is 0 Å². The van der Waals surface area contributed by atoms with E-state index in [1.165, 1.54) is 0 Å². The summed E-state index contributed by atoms with van der Waals surface area (Å²) in [6.07, 6.45) is 0. The Hall–Kier alpha value is -1.78. The number of carboxylic acids is 1. The van der Waals surface area contributed by atoms with E-state index in [2.05, 4.69) is 0 Å². The van der Waals surface area contributed by atoms with Gasteiger partial charge in [-0.25, -0.2) is 13.6 Å². The molecule has 5 heteroatoms. The maximum atomic E-state index is 12.9. The van der Waals surface area contributed by atoms with Crippen molar-refractivity contribution < 1.29 is 23.5 Å². The van der Waals surface area contributed by atoms with Crippen molar-refractivity contribution in [3.8, 4) is 0 Å². The summed E-state index contributed by atoms with van der Waals surface area (Å²) >= 11 is 0. The van der Waals surface area contributed by atoms with Gasteiger partial charge >= 0.3 is 5.97 Å². The van der Waals surface area contributed by atoms with Crippen molar-refractivity contribution in [3.05, 3.63) is 34.9 Å². The first kappa shape index (κ1) is 10.3. The third kappa shape index (κ3) is 1.76. The van der Waals surface area contributed by atoms with E-state index >= 15 is 0 Å². The fraction of sp³-hybridized carbons (Fsp3) is 0.111. The molecule has 0 aliphatic rings. The number of carbonyl (C=O) groups is 2. The molecule has 3 nitrogen and oxygen atoms in total. The predicted octanol–water partition coefficient (Wildman–Crippen LogP) is 1.87. The SMILES string of the molecule is CC(=O)c1cc(C(=O)O)c(F)cc1F. The standard InChI is InChI=1S/C9H6F2O3/c1-4(12)5-2-6(9(13)14)8(11)3-7(5)10/h2-3H,1H3,(H,13,14). The zero-order chi connectivity index (χ0) is 10.9. The molecule has 0 spiro atoms. The molecule has 0 radical (unpaired) electrons. The van der Waals surface area contributed by atoms with Crippen LogP contribution in [0.2, 0.25) is 0 Å². The van der Waals surface area contributed by atoms with Crippen molar-refractivity contribution >= 4 is 11.8 Å². The lowest BCUT2D eigenvalue weighted by atomic mass is 10.1. The summed E-state index contributed by atoms with van der Waals surface area (Å²) in [7, 11) is 0. The van der Waals surface area contributed by atoms with Gasteiger partial charge in [0.2, 0.25) is 0 Å². The van der Waals surface area contributed by atoms with Crippen LogP contribution in [0.1, 0.15) is 27.6 Å². The average molecular weight is 200 g/mol. The molecule has 0 aromatic heterocycles. The highest BCUT2D eigenvalue weighted by molar-refractivity contribution is 5.97. The van der Waals surface area contributed by atoms with E-state index < -0.39 is 34.5 Å². The first-order valence-corrected chi connectivity index (χ1v) is 3.66. The fourth-order valence-electron chi connectivity index (χ4n) is 0.983. The number of aromatic carboxylic acids is 1. The Balaban J connectivity index is 3.42. The summed E-state index contributed by atoms with van der Waals surface area (Å²) in [6.45, 7) is 1.07. The quantitative estimate of drug-likeness (QED) is 0.741. The number of benzene rings is 1. The van der Waals surface area contributed by atoms with Gasteiger partial charge in [0.25, 0.3) is 0 Å². The number of hydrogen-bond donors (Lipinski definition) is 1. The summed E-state index contributed by atoms with van der Waals surface area (Å²) in [5.41, 5.74) is -1.14. The van der Waals surface area contributed by atoms with Crippen LogP contribution in [0, 0.1) is 11.6 Å². The Morgan fingerprint density at radius 3 is 2.07 bits per heavy atom. The lowest BCUT2D eigenvalue weighted by Crippen LogP contribution is -2.06. The molecule has 1 rings (SSSR count). The van der Waals surface area contributed by atoms with Gasteiger partial charge < -0.3 is 5.11 Å². The average Bonchev–Trinajstić information content (AvgIpc) is 2.02. The molecule has 0 heterocycles. The first-order chi connectivity index (χ1) is 6.43. The van der Waals surface area contributed by atoms with E-state index in [4.69, 9.17) is 5.11 Å². The highest BCUT2D eigenvalue weighted by Gasteiger charge is 2.16. The third-order valence-corrected chi connectivity index (χ3v) is 1.67. The Morgan fingerprint density at radius 1 is 1.14 bits per heavy atom. The van der Waals surface area contributed by atoms with Gasteiger partial charge in [-0.15, -0.1) is 0 Å². The zero-order valence-electron chi connectivity index (χ0n) is 7.17. The molecule has 0 aliphatic heterocycles. The molecule has 0 saturated carbocycles. The molecule has 0 aliphatic carbocycles. The minimum Gasteiger partial charge on any atom is -0.478 e. The molecule has 0 atom stereocenters. The number of carbonyl (C=O) groups excluding carboxylic acids is 1. The molecule has 74 valence electrons. The zero-order valence-corrected chi connectivity index (χ0v) is 7.17. The van der Waals surface area contributed by atoms with Crippen LogP contribution >= 0.6 is 0 Å². The van der Waals surface area contributed by atoms with Crippen LogP contribution in [0.25, 0.3) is 0 Å². The molecule has 1 N–H and O–H groups in total. The van der Waals surface area contributed by atoms with Crippen LogP contribution in [0.4, 0.5) is 8.78 Å². The van der Waals surface area contributed by atoms with Crippen LogP contribution in [-0.2, 0) is 0 Å². The number of Topliss-reactive ketones (excluding diaryl/α,β-unsaturated/α-hetero) is 1. The first-order valence-electron chi connectivity index (χ1n) is 3.66. The van der Waals surface area contributed by atoms with Gasteiger partial charge in [-0.1, -0.05) is 0 Å². The summed E-state index contributed by atoms with van der Waals surface area (Å²) in [5, 5.41) is 8.49. The fourth-order valence-corrected chi connectivity index (χ4v) is 0.983. The maximum absolute atomic E-state index is 12.9. The van der Waals surface area contributed by atoms with E-state index in [1.54, 1.807) is 0 Å². The molecule has 0 fully saturated rings. The highest BCUT2D eigenvalue weighted by atomic mass is 19.1. The van der Waals surface area contributed by atoms with Crippen molar-refractivity contribution in [3.63, 3.8) is 0 Å². The third-order valence-electron chi connectivity index (χ3n) is 1.67. The lowest BCUT2D eigenvalue weighted by molar-refractivity contribution is 0.0692. The minimum absolute atomic E-state index is 0.389. The molecular weight excluding hydrogens is 194 g/mol. The van der Waals surface area contributed by atoms with E-state index in [1.807, 2.05) is 0 Å². The van der Waals surface area contributed by atoms with Crippen molar-refractivity contribution in [1.29, 1.82) is 0 Å². The Bertz CT molecular complexity index is 378. The van der Waals surface area contributed by atoms with Gasteiger partial charge in [0, 0.05) is 6.07 Å². The van der Waals surface area contributed by atoms with Crippen LogP contribution < -0.4 is 0 Å². The topological polar surface area (TPSA) is 54.4 Å². The monoisotopic (exact) mass is 200 g/mol. The largest absolute Gasteiger partial charge is 0.478 e. The van der Waals surface area contributed by atoms with E-state index in [0.717, 1.165) is 6.92 Å². The smallest absolute Gasteiger partial charge is 0.338 e. The number of hydrogen-bond acceptors (Lipinski definition) is 2. The number of rotatable bonds is 2. The second-order valence-electron chi connectivity index (χ2n) is 2.67. The number of halogens is 2. The Morgan fingerprint density at radius 2 is 1.64 bits per heavy atom. The van der Waals surface area contributed by atoms with E-state index in [9.17, 15) is 18.4 Å². The van der Waals surface area contributed by atoms with Gasteiger partial charge in [0.15, 0.2) is 5.78 Å². The highest BCUT2D eigenvalue weighted by Crippen LogP contribution is 2.15. The van der Waals surface area contributed by atoms with Gasteiger partial charge in [-0.2, -0.15) is 0 Å². The summed E-state index contributed by atoms with van der Waals surface area (Å²) in [5.74, 6) is -4.44. The second kappa shape index (κ2) is 3.53. The Labute approximate surface area is 78.0 Å². The summed E-state index contributed by atoms with van der Waals surface area (Å²) in [6, 6.07) is 1.08. The summed E-state index contributed by atoms with van der Waals surface area (Å²) < 4.78 is 25.7. The van der Waals surface area contributed by atoms with Crippen molar-refractivity contribution in [2.75, 3.05) is 0 Å². The van der Waals surface area contributed by atoms with Crippen molar-refractivity contribution in [2.24, 2.45) is 0 Å². The second-order valence-corrected chi connectivity index (χ2v) is 2.67. The molecule has 0 bridgehead atoms. The predicted molar refractivity (Wildman–Crippen MR) is 43.3 cm³/mol. The molecule has 14 heavy (non-hydrogen) atoms. The number of ketones is 1. The molecule has 0 unspecified atom stereocenters. The molecular formula is C9H6F2O3. The van der Waals surface area contributed by atoms with Gasteiger partial charge in [-0.05, 0) is 13.0 Å². The number of carboxylic acid groups (broad SMARTS) is 1. The van der Waals surface area contributed by atoms with E-state index in [0.29, 0.717) is 12.1 Å². The van der Waals surface area contributed by atoms with Crippen LogP contribution in [0.3, 0.4) is 0 Å². The Kier molecular flexibility index (Phi) is 2.60. The van der Waals surface area contributed by atoms with Crippen LogP contribution in [0.15, 0.2) is 12.1 Å².